The van der Waals surface area contributed by atoms with Crippen LogP contribution in [-0.4, -0.2) is 48.6 Å². The monoisotopic (exact) mass is 364 g/mol. The molecule has 0 bridgehead atoms. The minimum absolute atomic E-state index is 0.107. The van der Waals surface area contributed by atoms with E-state index in [1.54, 1.807) is 25.6 Å². The Kier molecular flexibility index (Phi) is 6.06. The van der Waals surface area contributed by atoms with Crippen LogP contribution in [0.5, 0.6) is 0 Å². The zero-order chi connectivity index (χ0) is 19.1. The number of aromatic nitrogens is 2. The molecule has 7 heteroatoms. The first-order valence-electron chi connectivity index (χ1n) is 8.53. The number of hydrogen-bond acceptors (Lipinski definition) is 5. The first-order valence-corrected chi connectivity index (χ1v) is 8.53. The number of carbonyl (C=O) groups excluding carboxylic acids is 2. The van der Waals surface area contributed by atoms with Crippen LogP contribution < -0.4 is 10.6 Å². The van der Waals surface area contributed by atoms with Gasteiger partial charge in [-0.25, -0.2) is 4.98 Å². The Morgan fingerprint density at radius 3 is 2.63 bits per heavy atom. The van der Waals surface area contributed by atoms with Gasteiger partial charge in [-0.3, -0.25) is 14.6 Å². The fourth-order valence-electron chi connectivity index (χ4n) is 2.64. The topological polar surface area (TPSA) is 93.2 Å². The highest BCUT2D eigenvalue weighted by Gasteiger charge is 2.14. The molecule has 0 saturated carbocycles. The maximum absolute atomic E-state index is 12.7. The molecule has 3 rings (SSSR count). The lowest BCUT2D eigenvalue weighted by atomic mass is 10.0. The van der Waals surface area contributed by atoms with Crippen LogP contribution in [-0.2, 0) is 9.53 Å². The fourth-order valence-corrected chi connectivity index (χ4v) is 2.64. The number of rotatable bonds is 7. The standard InChI is InChI=1S/C20H20N4O3/c1-27-11-10-22-19(25)13-23-20(26)16-12-18(14-6-8-21-9-7-14)24-17-5-3-2-4-15(16)17/h2-9,12H,10-11,13H2,1H3,(H,22,25)(H,23,26). The maximum atomic E-state index is 12.7. The normalized spacial score (nSPS) is 10.6. The van der Waals surface area contributed by atoms with Crippen molar-refractivity contribution < 1.29 is 14.3 Å². The lowest BCUT2D eigenvalue weighted by Gasteiger charge is -2.11. The maximum Gasteiger partial charge on any atom is 0.252 e. The van der Waals surface area contributed by atoms with E-state index in [0.717, 1.165) is 10.9 Å². The Morgan fingerprint density at radius 2 is 1.85 bits per heavy atom. The van der Waals surface area contributed by atoms with Crippen LogP contribution in [0.4, 0.5) is 0 Å². The van der Waals surface area contributed by atoms with Crippen molar-refractivity contribution in [2.24, 2.45) is 0 Å². The minimum atomic E-state index is -0.328. The third kappa shape index (κ3) is 4.65. The van der Waals surface area contributed by atoms with Crippen LogP contribution in [0.3, 0.4) is 0 Å². The molecule has 0 fully saturated rings. The Labute approximate surface area is 156 Å². The summed E-state index contributed by atoms with van der Waals surface area (Å²) >= 11 is 0. The third-order valence-electron chi connectivity index (χ3n) is 3.97. The summed E-state index contributed by atoms with van der Waals surface area (Å²) in [5.74, 6) is -0.598. The molecule has 2 N–H and O–H groups in total. The number of nitrogens with zero attached hydrogens (tertiary/aromatic N) is 2. The molecule has 0 saturated heterocycles. The first-order chi connectivity index (χ1) is 13.2. The summed E-state index contributed by atoms with van der Waals surface area (Å²) in [7, 11) is 1.56. The molecule has 3 aromatic rings. The molecular weight excluding hydrogens is 344 g/mol. The van der Waals surface area contributed by atoms with Crippen LogP contribution in [0, 0.1) is 0 Å². The second kappa shape index (κ2) is 8.86. The van der Waals surface area contributed by atoms with Gasteiger partial charge in [-0.15, -0.1) is 0 Å². The van der Waals surface area contributed by atoms with E-state index < -0.39 is 0 Å². The van der Waals surface area contributed by atoms with Gasteiger partial charge >= 0.3 is 0 Å². The van der Waals surface area contributed by atoms with Crippen molar-refractivity contribution in [3.63, 3.8) is 0 Å². The summed E-state index contributed by atoms with van der Waals surface area (Å²) < 4.78 is 4.88. The van der Waals surface area contributed by atoms with Gasteiger partial charge in [-0.1, -0.05) is 18.2 Å². The van der Waals surface area contributed by atoms with E-state index in [-0.39, 0.29) is 18.4 Å². The molecule has 0 aliphatic heterocycles. The second-order valence-electron chi connectivity index (χ2n) is 5.83. The molecule has 27 heavy (non-hydrogen) atoms. The lowest BCUT2D eigenvalue weighted by Crippen LogP contribution is -2.38. The number of hydrogen-bond donors (Lipinski definition) is 2. The van der Waals surface area contributed by atoms with Gasteiger partial charge in [0.25, 0.3) is 5.91 Å². The van der Waals surface area contributed by atoms with Gasteiger partial charge in [0, 0.05) is 37.0 Å². The summed E-state index contributed by atoms with van der Waals surface area (Å²) in [6, 6.07) is 12.8. The predicted molar refractivity (Wildman–Crippen MR) is 102 cm³/mol. The molecule has 0 aliphatic carbocycles. The number of fused-ring (bicyclic) bond motifs is 1. The number of carbonyl (C=O) groups is 2. The lowest BCUT2D eigenvalue weighted by molar-refractivity contribution is -0.120. The van der Waals surface area contributed by atoms with Gasteiger partial charge in [-0.2, -0.15) is 0 Å². The summed E-state index contributed by atoms with van der Waals surface area (Å²) in [5.41, 5.74) is 2.71. The van der Waals surface area contributed by atoms with Crippen molar-refractivity contribution in [1.82, 2.24) is 20.6 Å². The van der Waals surface area contributed by atoms with Crippen molar-refractivity contribution >= 4 is 22.7 Å². The molecule has 0 spiro atoms. The zero-order valence-corrected chi connectivity index (χ0v) is 14.9. The van der Waals surface area contributed by atoms with Gasteiger partial charge < -0.3 is 15.4 Å². The highest BCUT2D eigenvalue weighted by Crippen LogP contribution is 2.24. The van der Waals surface area contributed by atoms with E-state index in [1.807, 2.05) is 36.4 Å². The number of ether oxygens (including phenoxy) is 1. The van der Waals surface area contributed by atoms with Gasteiger partial charge in [0.15, 0.2) is 0 Å². The van der Waals surface area contributed by atoms with E-state index in [4.69, 9.17) is 4.74 Å². The van der Waals surface area contributed by atoms with Crippen LogP contribution in [0.2, 0.25) is 0 Å². The summed E-state index contributed by atoms with van der Waals surface area (Å²) in [6.45, 7) is 0.712. The molecule has 0 atom stereocenters. The fraction of sp³-hybridized carbons (Fsp3) is 0.200. The number of nitrogens with one attached hydrogen (secondary N) is 2. The molecule has 2 heterocycles. The quantitative estimate of drug-likeness (QED) is 0.624. The molecule has 2 amide bonds. The van der Waals surface area contributed by atoms with Crippen LogP contribution in [0.25, 0.3) is 22.2 Å². The van der Waals surface area contributed by atoms with Crippen LogP contribution in [0.15, 0.2) is 54.9 Å². The van der Waals surface area contributed by atoms with Gasteiger partial charge in [0.2, 0.25) is 5.91 Å². The Balaban J connectivity index is 1.84. The number of amides is 2. The highest BCUT2D eigenvalue weighted by molar-refractivity contribution is 6.08. The van der Waals surface area contributed by atoms with E-state index in [0.29, 0.717) is 29.9 Å². The Morgan fingerprint density at radius 1 is 1.07 bits per heavy atom. The minimum Gasteiger partial charge on any atom is -0.383 e. The van der Waals surface area contributed by atoms with Gasteiger partial charge in [-0.05, 0) is 24.3 Å². The smallest absolute Gasteiger partial charge is 0.252 e. The summed E-state index contributed by atoms with van der Waals surface area (Å²) in [6.07, 6.45) is 3.35. The zero-order valence-electron chi connectivity index (χ0n) is 14.9. The molecular formula is C20H20N4O3. The van der Waals surface area contributed by atoms with Crippen molar-refractivity contribution in [2.75, 3.05) is 26.8 Å². The second-order valence-corrected chi connectivity index (χ2v) is 5.83. The van der Waals surface area contributed by atoms with Crippen molar-refractivity contribution in [3.05, 3.63) is 60.4 Å². The number of pyridine rings is 2. The van der Waals surface area contributed by atoms with Crippen molar-refractivity contribution in [3.8, 4) is 11.3 Å². The largest absolute Gasteiger partial charge is 0.383 e. The van der Waals surface area contributed by atoms with E-state index in [2.05, 4.69) is 20.6 Å². The molecule has 7 nitrogen and oxygen atoms in total. The van der Waals surface area contributed by atoms with Gasteiger partial charge in [0.05, 0.1) is 29.9 Å². The van der Waals surface area contributed by atoms with Crippen molar-refractivity contribution in [1.29, 1.82) is 0 Å². The summed E-state index contributed by atoms with van der Waals surface area (Å²) in [4.78, 5) is 33.2. The molecule has 0 radical (unpaired) electrons. The number of benzene rings is 1. The predicted octanol–water partition coefficient (Wildman–Crippen LogP) is 1.79. The number of methoxy groups -OCH3 is 1. The summed E-state index contributed by atoms with van der Waals surface area (Å²) in [5, 5.41) is 6.06. The number of para-hydroxylation sites is 1. The Bertz CT molecular complexity index is 944. The molecule has 1 aromatic carbocycles. The van der Waals surface area contributed by atoms with E-state index in [9.17, 15) is 9.59 Å². The third-order valence-corrected chi connectivity index (χ3v) is 3.97. The van der Waals surface area contributed by atoms with Gasteiger partial charge in [0.1, 0.15) is 0 Å². The van der Waals surface area contributed by atoms with Crippen LogP contribution in [0.1, 0.15) is 10.4 Å². The average molecular weight is 364 g/mol. The Hall–Kier alpha value is -3.32. The van der Waals surface area contributed by atoms with Crippen LogP contribution >= 0.6 is 0 Å². The average Bonchev–Trinajstić information content (AvgIpc) is 2.72. The first kappa shape index (κ1) is 18.5. The van der Waals surface area contributed by atoms with E-state index in [1.165, 1.54) is 0 Å². The van der Waals surface area contributed by atoms with Crippen molar-refractivity contribution in [2.45, 2.75) is 0 Å². The SMILES string of the molecule is COCCNC(=O)CNC(=O)c1cc(-c2ccncc2)nc2ccccc12. The van der Waals surface area contributed by atoms with E-state index >= 15 is 0 Å². The molecule has 0 unspecified atom stereocenters. The molecule has 2 aromatic heterocycles. The molecule has 138 valence electrons. The molecule has 0 aliphatic rings. The highest BCUT2D eigenvalue weighted by atomic mass is 16.5.